The van der Waals surface area contributed by atoms with Crippen molar-refractivity contribution in [2.24, 2.45) is 5.92 Å². The highest BCUT2D eigenvalue weighted by Crippen LogP contribution is 2.22. The highest BCUT2D eigenvalue weighted by Gasteiger charge is 2.27. The maximum absolute atomic E-state index is 11.9. The van der Waals surface area contributed by atoms with Crippen LogP contribution in [-0.2, 0) is 14.8 Å². The maximum atomic E-state index is 11.9. The number of aliphatic carboxylic acids is 1. The number of benzene rings is 1. The fourth-order valence-corrected chi connectivity index (χ4v) is 2.90. The van der Waals surface area contributed by atoms with Crippen molar-refractivity contribution in [3.05, 3.63) is 24.3 Å². The molecule has 0 heterocycles. The smallest absolute Gasteiger partial charge is 0.308 e. The van der Waals surface area contributed by atoms with Gasteiger partial charge in [0.05, 0.1) is 10.8 Å². The van der Waals surface area contributed by atoms with Crippen LogP contribution in [0.3, 0.4) is 0 Å². The number of carbonyl (C=O) groups is 1. The average Bonchev–Trinajstić information content (AvgIpc) is 3.19. The van der Waals surface area contributed by atoms with E-state index >= 15 is 0 Å². The van der Waals surface area contributed by atoms with E-state index in [2.05, 4.69) is 10.0 Å². The highest BCUT2D eigenvalue weighted by atomic mass is 32.2. The Balaban J connectivity index is 1.97. The second kappa shape index (κ2) is 5.80. The van der Waals surface area contributed by atoms with E-state index in [-0.39, 0.29) is 10.9 Å². The van der Waals surface area contributed by atoms with Crippen molar-refractivity contribution in [1.82, 2.24) is 4.72 Å². The largest absolute Gasteiger partial charge is 0.481 e. The Bertz CT molecular complexity index is 579. The second-order valence-electron chi connectivity index (χ2n) is 5.04. The van der Waals surface area contributed by atoms with Gasteiger partial charge >= 0.3 is 5.97 Å². The molecule has 0 radical (unpaired) electrons. The number of hydrogen-bond acceptors (Lipinski definition) is 4. The summed E-state index contributed by atoms with van der Waals surface area (Å²) < 4.78 is 26.5. The Morgan fingerprint density at radius 3 is 2.45 bits per heavy atom. The third-order valence-electron chi connectivity index (χ3n) is 3.10. The average molecular weight is 298 g/mol. The lowest BCUT2D eigenvalue weighted by atomic mass is 10.2. The molecule has 6 nitrogen and oxygen atoms in total. The molecule has 0 amide bonds. The molecule has 1 aliphatic rings. The quantitative estimate of drug-likeness (QED) is 0.704. The normalized spacial score (nSPS) is 16.6. The zero-order valence-electron chi connectivity index (χ0n) is 11.2. The Morgan fingerprint density at radius 2 is 1.95 bits per heavy atom. The van der Waals surface area contributed by atoms with Crippen LogP contribution in [0.4, 0.5) is 5.69 Å². The molecule has 2 rings (SSSR count). The van der Waals surface area contributed by atoms with Crippen molar-refractivity contribution < 1.29 is 18.3 Å². The standard InChI is InChI=1S/C13H18N2O4S/c1-9(13(16)17)8-14-10-4-6-12(7-5-10)20(18,19)15-11-2-3-11/h4-7,9,11,14-15H,2-3,8H2,1H3,(H,16,17). The fourth-order valence-electron chi connectivity index (χ4n) is 1.60. The SMILES string of the molecule is CC(CNc1ccc(S(=O)(=O)NC2CC2)cc1)C(=O)O. The van der Waals surface area contributed by atoms with Gasteiger partial charge in [0.15, 0.2) is 0 Å². The molecule has 1 saturated carbocycles. The molecule has 1 aromatic carbocycles. The molecule has 0 bridgehead atoms. The van der Waals surface area contributed by atoms with Gasteiger partial charge in [-0.25, -0.2) is 13.1 Å². The van der Waals surface area contributed by atoms with Gasteiger partial charge in [0.25, 0.3) is 0 Å². The molecule has 0 aromatic heterocycles. The van der Waals surface area contributed by atoms with Crippen LogP contribution in [-0.4, -0.2) is 32.1 Å². The molecular weight excluding hydrogens is 280 g/mol. The van der Waals surface area contributed by atoms with Gasteiger partial charge in [-0.1, -0.05) is 6.92 Å². The van der Waals surface area contributed by atoms with Gasteiger partial charge in [-0.3, -0.25) is 4.79 Å². The lowest BCUT2D eigenvalue weighted by molar-refractivity contribution is -0.140. The number of rotatable bonds is 7. The minimum absolute atomic E-state index is 0.0780. The van der Waals surface area contributed by atoms with Crippen molar-refractivity contribution in [2.45, 2.75) is 30.7 Å². The number of sulfonamides is 1. The first-order chi connectivity index (χ1) is 9.38. The van der Waals surface area contributed by atoms with Gasteiger partial charge in [-0.15, -0.1) is 0 Å². The summed E-state index contributed by atoms with van der Waals surface area (Å²) in [5.41, 5.74) is 0.698. The second-order valence-corrected chi connectivity index (χ2v) is 6.75. The Labute approximate surface area is 118 Å². The molecule has 1 unspecified atom stereocenters. The predicted octanol–water partition coefficient (Wildman–Crippen LogP) is 1.26. The molecule has 1 aliphatic carbocycles. The minimum Gasteiger partial charge on any atom is -0.481 e. The summed E-state index contributed by atoms with van der Waals surface area (Å²) in [6, 6.07) is 6.37. The fraction of sp³-hybridized carbons (Fsp3) is 0.462. The van der Waals surface area contributed by atoms with Gasteiger partial charge in [0.1, 0.15) is 0 Å². The van der Waals surface area contributed by atoms with Crippen molar-refractivity contribution in [2.75, 3.05) is 11.9 Å². The van der Waals surface area contributed by atoms with E-state index in [4.69, 9.17) is 5.11 Å². The van der Waals surface area contributed by atoms with Crippen LogP contribution in [0.25, 0.3) is 0 Å². The van der Waals surface area contributed by atoms with Crippen LogP contribution in [0.2, 0.25) is 0 Å². The van der Waals surface area contributed by atoms with E-state index in [1.165, 1.54) is 12.1 Å². The van der Waals surface area contributed by atoms with E-state index in [1.54, 1.807) is 19.1 Å². The predicted molar refractivity (Wildman–Crippen MR) is 75.1 cm³/mol. The molecule has 1 aromatic rings. The lowest BCUT2D eigenvalue weighted by Crippen LogP contribution is -2.25. The molecule has 3 N–H and O–H groups in total. The van der Waals surface area contributed by atoms with E-state index in [9.17, 15) is 13.2 Å². The zero-order valence-corrected chi connectivity index (χ0v) is 12.0. The summed E-state index contributed by atoms with van der Waals surface area (Å²) in [6.07, 6.45) is 1.79. The minimum atomic E-state index is -3.43. The number of anilines is 1. The first-order valence-corrected chi connectivity index (χ1v) is 7.96. The highest BCUT2D eigenvalue weighted by molar-refractivity contribution is 7.89. The molecule has 1 fully saturated rings. The molecular formula is C13H18N2O4S. The summed E-state index contributed by atoms with van der Waals surface area (Å²) in [5, 5.41) is 11.7. The van der Waals surface area contributed by atoms with E-state index in [1.807, 2.05) is 0 Å². The molecule has 0 aliphatic heterocycles. The molecule has 1 atom stereocenters. The van der Waals surface area contributed by atoms with E-state index in [0.29, 0.717) is 12.2 Å². The van der Waals surface area contributed by atoms with E-state index < -0.39 is 21.9 Å². The van der Waals surface area contributed by atoms with Crippen LogP contribution >= 0.6 is 0 Å². The Morgan fingerprint density at radius 1 is 1.35 bits per heavy atom. The maximum Gasteiger partial charge on any atom is 0.308 e. The van der Waals surface area contributed by atoms with Gasteiger partial charge < -0.3 is 10.4 Å². The Kier molecular flexibility index (Phi) is 4.29. The summed E-state index contributed by atoms with van der Waals surface area (Å²) >= 11 is 0. The van der Waals surface area contributed by atoms with Gasteiger partial charge in [0, 0.05) is 18.3 Å². The van der Waals surface area contributed by atoms with Gasteiger partial charge in [0.2, 0.25) is 10.0 Å². The van der Waals surface area contributed by atoms with Crippen LogP contribution in [0, 0.1) is 5.92 Å². The van der Waals surface area contributed by atoms with Crippen LogP contribution in [0.1, 0.15) is 19.8 Å². The van der Waals surface area contributed by atoms with Crippen molar-refractivity contribution in [1.29, 1.82) is 0 Å². The van der Waals surface area contributed by atoms with Gasteiger partial charge in [-0.2, -0.15) is 0 Å². The van der Waals surface area contributed by atoms with Crippen molar-refractivity contribution in [3.8, 4) is 0 Å². The monoisotopic (exact) mass is 298 g/mol. The van der Waals surface area contributed by atoms with Gasteiger partial charge in [-0.05, 0) is 37.1 Å². The van der Waals surface area contributed by atoms with Crippen LogP contribution < -0.4 is 10.0 Å². The molecule has 0 spiro atoms. The van der Waals surface area contributed by atoms with E-state index in [0.717, 1.165) is 12.8 Å². The van der Waals surface area contributed by atoms with Crippen molar-refractivity contribution >= 4 is 21.7 Å². The summed E-state index contributed by atoms with van der Waals surface area (Å²) in [4.78, 5) is 10.9. The molecule has 7 heteroatoms. The number of nitrogens with one attached hydrogen (secondary N) is 2. The third kappa shape index (κ3) is 3.94. The number of hydrogen-bond donors (Lipinski definition) is 3. The molecule has 20 heavy (non-hydrogen) atoms. The van der Waals surface area contributed by atoms with Crippen molar-refractivity contribution in [3.63, 3.8) is 0 Å². The number of carboxylic acid groups (broad SMARTS) is 1. The van der Waals surface area contributed by atoms with Crippen LogP contribution in [0.5, 0.6) is 0 Å². The zero-order chi connectivity index (χ0) is 14.8. The first-order valence-electron chi connectivity index (χ1n) is 6.47. The third-order valence-corrected chi connectivity index (χ3v) is 4.63. The summed E-state index contributed by atoms with van der Waals surface area (Å²) in [5.74, 6) is -1.37. The lowest BCUT2D eigenvalue weighted by Gasteiger charge is -2.10. The molecule has 0 saturated heterocycles. The summed E-state index contributed by atoms with van der Waals surface area (Å²) in [7, 11) is -3.43. The summed E-state index contributed by atoms with van der Waals surface area (Å²) in [6.45, 7) is 1.90. The Hall–Kier alpha value is -1.60. The number of carboxylic acids is 1. The topological polar surface area (TPSA) is 95.5 Å². The molecule has 110 valence electrons. The first kappa shape index (κ1) is 14.8. The van der Waals surface area contributed by atoms with Crippen LogP contribution in [0.15, 0.2) is 29.2 Å².